The molecule has 17 heavy (non-hydrogen) atoms. The smallest absolute Gasteiger partial charge is 0.255 e. The van der Waals surface area contributed by atoms with Crippen molar-refractivity contribution in [2.45, 2.75) is 0 Å². The van der Waals surface area contributed by atoms with Gasteiger partial charge < -0.3 is 10.2 Å². The summed E-state index contributed by atoms with van der Waals surface area (Å²) in [7, 11) is 0. The second-order valence-corrected chi connectivity index (χ2v) is 5.10. The Morgan fingerprint density at radius 1 is 1.24 bits per heavy atom. The van der Waals surface area contributed by atoms with E-state index in [1.54, 1.807) is 11.3 Å². The second-order valence-electron chi connectivity index (χ2n) is 4.19. The van der Waals surface area contributed by atoms with Crippen LogP contribution in [0.15, 0.2) is 29.6 Å². The molecule has 0 saturated carbocycles. The minimum atomic E-state index is 0.170. The Balaban J connectivity index is 1.95. The number of rotatable bonds is 1. The molecule has 4 heteroatoms. The van der Waals surface area contributed by atoms with Crippen molar-refractivity contribution in [1.82, 2.24) is 10.2 Å². The molecule has 0 unspecified atom stereocenters. The number of piperazine rings is 1. The summed E-state index contributed by atoms with van der Waals surface area (Å²) in [6.07, 6.45) is 0. The number of amides is 1. The van der Waals surface area contributed by atoms with E-state index < -0.39 is 0 Å². The van der Waals surface area contributed by atoms with Gasteiger partial charge in [-0.1, -0.05) is 18.2 Å². The maximum absolute atomic E-state index is 12.4. The van der Waals surface area contributed by atoms with Gasteiger partial charge in [-0.15, -0.1) is 11.3 Å². The predicted molar refractivity (Wildman–Crippen MR) is 70.6 cm³/mol. The van der Waals surface area contributed by atoms with Crippen LogP contribution in [0.3, 0.4) is 0 Å². The van der Waals surface area contributed by atoms with Gasteiger partial charge in [0.15, 0.2) is 0 Å². The lowest BCUT2D eigenvalue weighted by atomic mass is 10.1. The molecular formula is C13H14N2OS. The Bertz CT molecular complexity index is 543. The highest BCUT2D eigenvalue weighted by Crippen LogP contribution is 2.26. The van der Waals surface area contributed by atoms with Crippen LogP contribution in [0.5, 0.6) is 0 Å². The van der Waals surface area contributed by atoms with E-state index in [0.29, 0.717) is 0 Å². The highest BCUT2D eigenvalue weighted by molar-refractivity contribution is 7.17. The zero-order valence-electron chi connectivity index (χ0n) is 9.48. The average Bonchev–Trinajstić information content (AvgIpc) is 2.83. The van der Waals surface area contributed by atoms with Gasteiger partial charge in [-0.05, 0) is 6.07 Å². The first kappa shape index (κ1) is 10.7. The quantitative estimate of drug-likeness (QED) is 0.834. The Hall–Kier alpha value is -1.39. The van der Waals surface area contributed by atoms with Gasteiger partial charge in [-0.25, -0.2) is 0 Å². The lowest BCUT2D eigenvalue weighted by molar-refractivity contribution is 0.0738. The number of nitrogens with zero attached hydrogens (tertiary/aromatic N) is 1. The van der Waals surface area contributed by atoms with Crippen molar-refractivity contribution < 1.29 is 4.79 Å². The molecule has 0 bridgehead atoms. The minimum absolute atomic E-state index is 0.170. The van der Waals surface area contributed by atoms with Crippen molar-refractivity contribution in [1.29, 1.82) is 0 Å². The van der Waals surface area contributed by atoms with Gasteiger partial charge in [0.1, 0.15) is 0 Å². The molecule has 1 aliphatic heterocycles. The predicted octanol–water partition coefficient (Wildman–Crippen LogP) is 1.95. The summed E-state index contributed by atoms with van der Waals surface area (Å²) < 4.78 is 1.19. The van der Waals surface area contributed by atoms with Gasteiger partial charge in [0.05, 0.1) is 5.56 Å². The van der Waals surface area contributed by atoms with Crippen LogP contribution in [0.2, 0.25) is 0 Å². The first-order valence-corrected chi connectivity index (χ1v) is 6.70. The highest BCUT2D eigenvalue weighted by Gasteiger charge is 2.20. The third-order valence-corrected chi connectivity index (χ3v) is 4.08. The summed E-state index contributed by atoms with van der Waals surface area (Å²) in [5.41, 5.74) is 0.854. The Morgan fingerprint density at radius 2 is 2.00 bits per heavy atom. The Morgan fingerprint density at radius 3 is 2.82 bits per heavy atom. The van der Waals surface area contributed by atoms with Crippen molar-refractivity contribution in [2.24, 2.45) is 0 Å². The number of carbonyl (C=O) groups excluding carboxylic acids is 1. The minimum Gasteiger partial charge on any atom is -0.336 e. The van der Waals surface area contributed by atoms with Crippen LogP contribution in [0.1, 0.15) is 10.4 Å². The van der Waals surface area contributed by atoms with E-state index in [4.69, 9.17) is 0 Å². The summed E-state index contributed by atoms with van der Waals surface area (Å²) in [4.78, 5) is 14.3. The second kappa shape index (κ2) is 4.47. The van der Waals surface area contributed by atoms with Crippen LogP contribution < -0.4 is 5.32 Å². The van der Waals surface area contributed by atoms with Crippen molar-refractivity contribution in [3.05, 3.63) is 35.2 Å². The maximum Gasteiger partial charge on any atom is 0.255 e. The molecule has 1 aromatic carbocycles. The van der Waals surface area contributed by atoms with Gasteiger partial charge in [-0.2, -0.15) is 0 Å². The first-order chi connectivity index (χ1) is 8.36. The third-order valence-electron chi connectivity index (χ3n) is 3.12. The van der Waals surface area contributed by atoms with Crippen molar-refractivity contribution in [2.75, 3.05) is 26.2 Å². The lowest BCUT2D eigenvalue weighted by Gasteiger charge is -2.27. The molecule has 2 heterocycles. The van der Waals surface area contributed by atoms with E-state index in [0.717, 1.165) is 37.1 Å². The fourth-order valence-electron chi connectivity index (χ4n) is 2.18. The molecule has 1 N–H and O–H groups in total. The number of carbonyl (C=O) groups is 1. The number of hydrogen-bond acceptors (Lipinski definition) is 3. The monoisotopic (exact) mass is 246 g/mol. The number of nitrogens with one attached hydrogen (secondary N) is 1. The molecule has 1 saturated heterocycles. The summed E-state index contributed by atoms with van der Waals surface area (Å²) in [5.74, 6) is 0.170. The van der Waals surface area contributed by atoms with E-state index in [9.17, 15) is 4.79 Å². The number of thiophene rings is 1. The molecule has 2 aromatic rings. The van der Waals surface area contributed by atoms with E-state index >= 15 is 0 Å². The van der Waals surface area contributed by atoms with Gasteiger partial charge >= 0.3 is 0 Å². The lowest BCUT2D eigenvalue weighted by Crippen LogP contribution is -2.46. The number of fused-ring (bicyclic) bond motifs is 1. The van der Waals surface area contributed by atoms with E-state index in [1.165, 1.54) is 4.70 Å². The molecule has 0 radical (unpaired) electrons. The van der Waals surface area contributed by atoms with E-state index in [1.807, 2.05) is 28.5 Å². The summed E-state index contributed by atoms with van der Waals surface area (Å²) in [6.45, 7) is 3.41. The molecule has 3 nitrogen and oxygen atoms in total. The zero-order valence-corrected chi connectivity index (χ0v) is 10.3. The molecule has 1 fully saturated rings. The average molecular weight is 246 g/mol. The maximum atomic E-state index is 12.4. The largest absolute Gasteiger partial charge is 0.336 e. The molecule has 1 amide bonds. The molecule has 1 aliphatic rings. The fourth-order valence-corrected chi connectivity index (χ4v) is 3.12. The normalized spacial score (nSPS) is 16.4. The van der Waals surface area contributed by atoms with Gasteiger partial charge in [0, 0.05) is 41.6 Å². The summed E-state index contributed by atoms with van der Waals surface area (Å²) in [6, 6.07) is 8.09. The molecule has 88 valence electrons. The summed E-state index contributed by atoms with van der Waals surface area (Å²) >= 11 is 1.64. The topological polar surface area (TPSA) is 32.3 Å². The standard InChI is InChI=1S/C13H14N2OS/c16-13(15-7-5-14-6-8-15)11-9-17-12-4-2-1-3-10(11)12/h1-4,9,14H,5-8H2. The first-order valence-electron chi connectivity index (χ1n) is 5.82. The molecule has 3 rings (SSSR count). The van der Waals surface area contributed by atoms with Crippen LogP contribution in [-0.4, -0.2) is 37.0 Å². The molecule has 0 atom stereocenters. The molecule has 0 aliphatic carbocycles. The van der Waals surface area contributed by atoms with Gasteiger partial charge in [0.2, 0.25) is 0 Å². The highest BCUT2D eigenvalue weighted by atomic mass is 32.1. The molecular weight excluding hydrogens is 232 g/mol. The SMILES string of the molecule is O=C(c1csc2ccccc12)N1CCNCC1. The Kier molecular flexibility index (Phi) is 2.82. The van der Waals surface area contributed by atoms with Crippen molar-refractivity contribution in [3.8, 4) is 0 Å². The molecule has 0 spiro atoms. The summed E-state index contributed by atoms with van der Waals surface area (Å²) in [5, 5.41) is 6.33. The van der Waals surface area contributed by atoms with Crippen LogP contribution in [0, 0.1) is 0 Å². The molecule has 1 aromatic heterocycles. The number of benzene rings is 1. The Labute approximate surface area is 104 Å². The van der Waals surface area contributed by atoms with E-state index in [2.05, 4.69) is 11.4 Å². The van der Waals surface area contributed by atoms with Crippen LogP contribution in [-0.2, 0) is 0 Å². The van der Waals surface area contributed by atoms with Crippen LogP contribution in [0.4, 0.5) is 0 Å². The fraction of sp³-hybridized carbons (Fsp3) is 0.308. The van der Waals surface area contributed by atoms with Crippen LogP contribution >= 0.6 is 11.3 Å². The van der Waals surface area contributed by atoms with Gasteiger partial charge in [-0.3, -0.25) is 4.79 Å². The van der Waals surface area contributed by atoms with Crippen molar-refractivity contribution >= 4 is 27.3 Å². The van der Waals surface area contributed by atoms with E-state index in [-0.39, 0.29) is 5.91 Å². The third kappa shape index (κ3) is 1.94. The zero-order chi connectivity index (χ0) is 11.7. The van der Waals surface area contributed by atoms with Crippen LogP contribution in [0.25, 0.3) is 10.1 Å². The van der Waals surface area contributed by atoms with Crippen molar-refractivity contribution in [3.63, 3.8) is 0 Å². The van der Waals surface area contributed by atoms with Gasteiger partial charge in [0.25, 0.3) is 5.91 Å². The number of hydrogen-bond donors (Lipinski definition) is 1.